The molecule has 3 aromatic carbocycles. The maximum absolute atomic E-state index is 12.7. The third kappa shape index (κ3) is 5.57. The summed E-state index contributed by atoms with van der Waals surface area (Å²) in [4.78, 5) is 15.3. The van der Waals surface area contributed by atoms with Gasteiger partial charge in [0.2, 0.25) is 5.91 Å². The first-order chi connectivity index (χ1) is 16.8. The van der Waals surface area contributed by atoms with Gasteiger partial charge in [0, 0.05) is 29.7 Å². The summed E-state index contributed by atoms with van der Waals surface area (Å²) in [5.74, 6) is 0.565. The van der Waals surface area contributed by atoms with Crippen LogP contribution in [-0.4, -0.2) is 36.5 Å². The van der Waals surface area contributed by atoms with Crippen LogP contribution in [0.1, 0.15) is 41.9 Å². The number of benzene rings is 3. The lowest BCUT2D eigenvalue weighted by molar-refractivity contribution is -0.121. The van der Waals surface area contributed by atoms with Crippen LogP contribution in [0, 0.1) is 0 Å². The zero-order valence-electron chi connectivity index (χ0n) is 19.5. The largest absolute Gasteiger partial charge is 0.353 e. The predicted molar refractivity (Wildman–Crippen MR) is 142 cm³/mol. The topological polar surface area (TPSA) is 32.3 Å². The minimum Gasteiger partial charge on any atom is -0.353 e. The standard InChI is InChI=1S/C30H32N2OS/c33-30(21-25-22-34-29-14-8-7-13-28(25)29)31-26-15-18-32(19-16-26)20-17-27(23-9-3-1-4-10-23)24-11-5-2-6-12-24/h1-14,22,26-27H,15-21H2,(H,31,33). The number of carbonyl (C=O) groups excluding carboxylic acids is 1. The third-order valence-electron chi connectivity index (χ3n) is 7.00. The molecule has 1 aliphatic heterocycles. The minimum absolute atomic E-state index is 0.148. The van der Waals surface area contributed by atoms with E-state index in [1.165, 1.54) is 21.2 Å². The Labute approximate surface area is 206 Å². The molecule has 3 nitrogen and oxygen atoms in total. The van der Waals surface area contributed by atoms with Crippen LogP contribution in [0.25, 0.3) is 10.1 Å². The molecule has 1 fully saturated rings. The normalized spacial score (nSPS) is 15.1. The number of likely N-dealkylation sites (tertiary alicyclic amines) is 1. The van der Waals surface area contributed by atoms with E-state index in [4.69, 9.17) is 0 Å². The van der Waals surface area contributed by atoms with Crippen molar-refractivity contribution in [3.63, 3.8) is 0 Å². The van der Waals surface area contributed by atoms with E-state index in [1.54, 1.807) is 11.3 Å². The van der Waals surface area contributed by atoms with Crippen molar-refractivity contribution >= 4 is 27.3 Å². The van der Waals surface area contributed by atoms with Gasteiger partial charge in [0.25, 0.3) is 0 Å². The summed E-state index contributed by atoms with van der Waals surface area (Å²) in [5.41, 5.74) is 3.91. The molecule has 0 unspecified atom stereocenters. The van der Waals surface area contributed by atoms with Gasteiger partial charge in [-0.3, -0.25) is 4.79 Å². The predicted octanol–water partition coefficient (Wildman–Crippen LogP) is 6.25. The monoisotopic (exact) mass is 468 g/mol. The zero-order valence-corrected chi connectivity index (χ0v) is 20.3. The highest BCUT2D eigenvalue weighted by Crippen LogP contribution is 2.29. The highest BCUT2D eigenvalue weighted by molar-refractivity contribution is 7.17. The van der Waals surface area contributed by atoms with Crippen molar-refractivity contribution in [3.8, 4) is 0 Å². The first-order valence-corrected chi connectivity index (χ1v) is 13.2. The second kappa shape index (κ2) is 11.0. The summed E-state index contributed by atoms with van der Waals surface area (Å²) in [6.45, 7) is 3.17. The van der Waals surface area contributed by atoms with Crippen molar-refractivity contribution in [2.45, 2.75) is 37.6 Å². The molecule has 1 N–H and O–H groups in total. The maximum Gasteiger partial charge on any atom is 0.224 e. The molecular weight excluding hydrogens is 436 g/mol. The average Bonchev–Trinajstić information content (AvgIpc) is 3.29. The van der Waals surface area contributed by atoms with Gasteiger partial charge >= 0.3 is 0 Å². The molecule has 0 aliphatic carbocycles. The number of carbonyl (C=O) groups is 1. The van der Waals surface area contributed by atoms with Crippen LogP contribution < -0.4 is 5.32 Å². The maximum atomic E-state index is 12.7. The van der Waals surface area contributed by atoms with Gasteiger partial charge in [-0.05, 0) is 59.3 Å². The molecule has 0 radical (unpaired) electrons. The van der Waals surface area contributed by atoms with Crippen molar-refractivity contribution in [2.24, 2.45) is 0 Å². The van der Waals surface area contributed by atoms with Gasteiger partial charge in [0.15, 0.2) is 0 Å². The summed E-state index contributed by atoms with van der Waals surface area (Å²) in [5, 5.41) is 6.64. The van der Waals surface area contributed by atoms with E-state index in [-0.39, 0.29) is 11.9 Å². The molecule has 174 valence electrons. The zero-order chi connectivity index (χ0) is 23.2. The van der Waals surface area contributed by atoms with Crippen LogP contribution in [0.5, 0.6) is 0 Å². The van der Waals surface area contributed by atoms with Gasteiger partial charge in [-0.2, -0.15) is 0 Å². The van der Waals surface area contributed by atoms with Crippen LogP contribution in [0.4, 0.5) is 0 Å². The molecule has 34 heavy (non-hydrogen) atoms. The van der Waals surface area contributed by atoms with Gasteiger partial charge < -0.3 is 10.2 Å². The number of amides is 1. The summed E-state index contributed by atoms with van der Waals surface area (Å²) in [7, 11) is 0. The number of fused-ring (bicyclic) bond motifs is 1. The quantitative estimate of drug-likeness (QED) is 0.332. The van der Waals surface area contributed by atoms with Crippen LogP contribution in [0.3, 0.4) is 0 Å². The molecule has 4 heteroatoms. The number of hydrogen-bond donors (Lipinski definition) is 1. The Hall–Kier alpha value is -2.95. The van der Waals surface area contributed by atoms with Crippen molar-refractivity contribution in [3.05, 3.63) is 107 Å². The number of nitrogens with zero attached hydrogens (tertiary/aromatic N) is 1. The Morgan fingerprint density at radius 1 is 0.882 bits per heavy atom. The summed E-state index contributed by atoms with van der Waals surface area (Å²) < 4.78 is 1.25. The molecular formula is C30H32N2OS. The molecule has 1 aromatic heterocycles. The Bertz CT molecular complexity index is 1160. The highest BCUT2D eigenvalue weighted by atomic mass is 32.1. The van der Waals surface area contributed by atoms with Crippen LogP contribution in [0.15, 0.2) is 90.3 Å². The van der Waals surface area contributed by atoms with Gasteiger partial charge in [-0.25, -0.2) is 0 Å². The summed E-state index contributed by atoms with van der Waals surface area (Å²) in [6.07, 6.45) is 3.63. The molecule has 1 amide bonds. The molecule has 0 atom stereocenters. The molecule has 5 rings (SSSR count). The first kappa shape index (κ1) is 22.8. The van der Waals surface area contributed by atoms with Gasteiger partial charge in [-0.15, -0.1) is 11.3 Å². The molecule has 0 bridgehead atoms. The molecule has 2 heterocycles. The highest BCUT2D eigenvalue weighted by Gasteiger charge is 2.22. The van der Waals surface area contributed by atoms with E-state index in [2.05, 4.69) is 94.5 Å². The van der Waals surface area contributed by atoms with Crippen molar-refractivity contribution in [1.29, 1.82) is 0 Å². The Balaban J connectivity index is 1.12. The van der Waals surface area contributed by atoms with Crippen LogP contribution >= 0.6 is 11.3 Å². The lowest BCUT2D eigenvalue weighted by atomic mass is 9.88. The average molecular weight is 469 g/mol. The van der Waals surface area contributed by atoms with Crippen LogP contribution in [0.2, 0.25) is 0 Å². The summed E-state index contributed by atoms with van der Waals surface area (Å²) in [6, 6.07) is 30.3. The summed E-state index contributed by atoms with van der Waals surface area (Å²) >= 11 is 1.72. The first-order valence-electron chi connectivity index (χ1n) is 12.3. The van der Waals surface area contributed by atoms with E-state index in [0.717, 1.165) is 44.5 Å². The fourth-order valence-electron chi connectivity index (χ4n) is 5.13. The van der Waals surface area contributed by atoms with Gasteiger partial charge in [0.05, 0.1) is 6.42 Å². The SMILES string of the molecule is O=C(Cc1csc2ccccc12)NC1CCN(CCC(c2ccccc2)c2ccccc2)CC1. The Morgan fingerprint density at radius 3 is 2.18 bits per heavy atom. The van der Waals surface area contributed by atoms with Gasteiger partial charge in [0.1, 0.15) is 0 Å². The molecule has 0 saturated carbocycles. The number of piperidine rings is 1. The van der Waals surface area contributed by atoms with E-state index in [1.807, 2.05) is 6.07 Å². The number of nitrogens with one attached hydrogen (secondary N) is 1. The second-order valence-electron chi connectivity index (χ2n) is 9.28. The minimum atomic E-state index is 0.148. The lowest BCUT2D eigenvalue weighted by Crippen LogP contribution is -2.45. The fraction of sp³-hybridized carbons (Fsp3) is 0.300. The van der Waals surface area contributed by atoms with E-state index in [9.17, 15) is 4.79 Å². The smallest absolute Gasteiger partial charge is 0.224 e. The molecule has 1 saturated heterocycles. The number of rotatable bonds is 8. The van der Waals surface area contributed by atoms with Gasteiger partial charge in [-0.1, -0.05) is 78.9 Å². The fourth-order valence-corrected chi connectivity index (χ4v) is 6.09. The second-order valence-corrected chi connectivity index (χ2v) is 10.2. The third-order valence-corrected chi connectivity index (χ3v) is 8.02. The van der Waals surface area contributed by atoms with E-state index in [0.29, 0.717) is 12.3 Å². The van der Waals surface area contributed by atoms with Crippen molar-refractivity contribution < 1.29 is 4.79 Å². The van der Waals surface area contributed by atoms with Crippen molar-refractivity contribution in [2.75, 3.05) is 19.6 Å². The molecule has 4 aromatic rings. The van der Waals surface area contributed by atoms with Crippen LogP contribution in [-0.2, 0) is 11.2 Å². The van der Waals surface area contributed by atoms with E-state index < -0.39 is 0 Å². The Morgan fingerprint density at radius 2 is 1.50 bits per heavy atom. The van der Waals surface area contributed by atoms with E-state index >= 15 is 0 Å². The number of hydrogen-bond acceptors (Lipinski definition) is 3. The molecule has 0 spiro atoms. The lowest BCUT2D eigenvalue weighted by Gasteiger charge is -2.33. The van der Waals surface area contributed by atoms with Crippen molar-refractivity contribution in [1.82, 2.24) is 10.2 Å². The number of thiophene rings is 1. The Kier molecular flexibility index (Phi) is 7.37. The molecule has 1 aliphatic rings.